The van der Waals surface area contributed by atoms with E-state index in [9.17, 15) is 4.39 Å². The van der Waals surface area contributed by atoms with Crippen LogP contribution in [0.1, 0.15) is 5.69 Å². The fourth-order valence-corrected chi connectivity index (χ4v) is 1.63. The maximum Gasteiger partial charge on any atom is 0.151 e. The summed E-state index contributed by atoms with van der Waals surface area (Å²) in [6.45, 7) is 1.77. The van der Waals surface area contributed by atoms with E-state index in [0.717, 1.165) is 5.52 Å². The van der Waals surface area contributed by atoms with Crippen LogP contribution in [0.5, 0.6) is 5.75 Å². The van der Waals surface area contributed by atoms with Crippen molar-refractivity contribution < 1.29 is 9.13 Å². The number of hydrogen-bond acceptors (Lipinski definition) is 1. The predicted molar refractivity (Wildman–Crippen MR) is 54.2 cm³/mol. The molecule has 2 aromatic rings. The Kier molecular flexibility index (Phi) is 1.95. The molecule has 0 unspecified atom stereocenters. The molecule has 0 aliphatic rings. The van der Waals surface area contributed by atoms with Gasteiger partial charge in [-0.1, -0.05) is 0 Å². The molecule has 0 amide bonds. The van der Waals surface area contributed by atoms with Crippen molar-refractivity contribution in [1.82, 2.24) is 4.57 Å². The molecule has 2 rings (SSSR count). The minimum atomic E-state index is -0.165. The van der Waals surface area contributed by atoms with Crippen LogP contribution < -0.4 is 4.74 Å². The molecule has 0 fully saturated rings. The van der Waals surface area contributed by atoms with Gasteiger partial charge in [0.05, 0.1) is 18.3 Å². The Morgan fingerprint density at radius 2 is 2.07 bits per heavy atom. The molecule has 14 heavy (non-hydrogen) atoms. The molecular formula is C11H12FNO. The zero-order valence-corrected chi connectivity index (χ0v) is 8.47. The highest BCUT2D eigenvalue weighted by Crippen LogP contribution is 2.26. The summed E-state index contributed by atoms with van der Waals surface area (Å²) in [5.74, 6) is 0.517. The van der Waals surface area contributed by atoms with Crippen molar-refractivity contribution in [3.05, 3.63) is 29.7 Å². The Morgan fingerprint density at radius 3 is 2.71 bits per heavy atom. The number of methoxy groups -OCH3 is 1. The van der Waals surface area contributed by atoms with E-state index in [2.05, 4.69) is 0 Å². The second kappa shape index (κ2) is 3.01. The second-order valence-corrected chi connectivity index (χ2v) is 3.34. The summed E-state index contributed by atoms with van der Waals surface area (Å²) in [7, 11) is 3.43. The summed E-state index contributed by atoms with van der Waals surface area (Å²) in [5, 5.41) is 0.615. The Labute approximate surface area is 81.9 Å². The number of halogens is 1. The standard InChI is InChI=1S/C11H12FNO/c1-7-11(12)9-6-8(14-3)4-5-10(9)13(7)2/h4-6H,1-3H3. The third kappa shape index (κ3) is 1.09. The van der Waals surface area contributed by atoms with E-state index in [4.69, 9.17) is 4.74 Å². The molecule has 0 N–H and O–H groups in total. The van der Waals surface area contributed by atoms with Crippen LogP contribution in [-0.4, -0.2) is 11.7 Å². The lowest BCUT2D eigenvalue weighted by Gasteiger charge is -2.00. The summed E-state index contributed by atoms with van der Waals surface area (Å²) in [5.41, 5.74) is 1.54. The van der Waals surface area contributed by atoms with E-state index >= 15 is 0 Å². The molecule has 0 saturated heterocycles. The van der Waals surface area contributed by atoms with Crippen molar-refractivity contribution in [2.24, 2.45) is 7.05 Å². The van der Waals surface area contributed by atoms with E-state index in [1.807, 2.05) is 23.7 Å². The smallest absolute Gasteiger partial charge is 0.151 e. The molecule has 0 aliphatic heterocycles. The van der Waals surface area contributed by atoms with Gasteiger partial charge in [0.2, 0.25) is 0 Å². The van der Waals surface area contributed by atoms with Crippen molar-refractivity contribution in [1.29, 1.82) is 0 Å². The van der Waals surface area contributed by atoms with Gasteiger partial charge in [-0.15, -0.1) is 0 Å². The van der Waals surface area contributed by atoms with Crippen molar-refractivity contribution in [2.45, 2.75) is 6.92 Å². The average Bonchev–Trinajstić information content (AvgIpc) is 2.44. The average molecular weight is 193 g/mol. The highest BCUT2D eigenvalue weighted by atomic mass is 19.1. The van der Waals surface area contributed by atoms with Crippen LogP contribution in [-0.2, 0) is 7.05 Å². The Morgan fingerprint density at radius 1 is 1.36 bits per heavy atom. The van der Waals surface area contributed by atoms with Crippen molar-refractivity contribution in [3.63, 3.8) is 0 Å². The molecule has 0 bridgehead atoms. The fraction of sp³-hybridized carbons (Fsp3) is 0.273. The van der Waals surface area contributed by atoms with E-state index in [1.54, 1.807) is 20.1 Å². The maximum absolute atomic E-state index is 13.7. The molecule has 0 spiro atoms. The van der Waals surface area contributed by atoms with Crippen LogP contribution in [0, 0.1) is 12.7 Å². The normalized spacial score (nSPS) is 10.9. The van der Waals surface area contributed by atoms with Crippen LogP contribution in [0.2, 0.25) is 0 Å². The monoisotopic (exact) mass is 193 g/mol. The van der Waals surface area contributed by atoms with Gasteiger partial charge >= 0.3 is 0 Å². The van der Waals surface area contributed by atoms with Gasteiger partial charge in [-0.05, 0) is 25.1 Å². The van der Waals surface area contributed by atoms with E-state index in [0.29, 0.717) is 16.8 Å². The van der Waals surface area contributed by atoms with Crippen molar-refractivity contribution in [2.75, 3.05) is 7.11 Å². The highest BCUT2D eigenvalue weighted by molar-refractivity contribution is 5.83. The SMILES string of the molecule is COc1ccc2c(c1)c(F)c(C)n2C. The van der Waals surface area contributed by atoms with Gasteiger partial charge in [-0.2, -0.15) is 0 Å². The van der Waals surface area contributed by atoms with Crippen molar-refractivity contribution in [3.8, 4) is 5.75 Å². The minimum Gasteiger partial charge on any atom is -0.497 e. The van der Waals surface area contributed by atoms with E-state index in [-0.39, 0.29) is 5.82 Å². The lowest BCUT2D eigenvalue weighted by atomic mass is 10.2. The van der Waals surface area contributed by atoms with Crippen LogP contribution in [0.4, 0.5) is 4.39 Å². The first-order valence-corrected chi connectivity index (χ1v) is 4.43. The van der Waals surface area contributed by atoms with Crippen LogP contribution in [0.25, 0.3) is 10.9 Å². The number of aryl methyl sites for hydroxylation is 1. The topological polar surface area (TPSA) is 14.2 Å². The number of ether oxygens (including phenoxy) is 1. The van der Waals surface area contributed by atoms with Gasteiger partial charge in [0.25, 0.3) is 0 Å². The zero-order chi connectivity index (χ0) is 10.3. The Balaban J connectivity index is 2.82. The highest BCUT2D eigenvalue weighted by Gasteiger charge is 2.11. The van der Waals surface area contributed by atoms with Crippen LogP contribution in [0.3, 0.4) is 0 Å². The Hall–Kier alpha value is -1.51. The number of fused-ring (bicyclic) bond motifs is 1. The largest absolute Gasteiger partial charge is 0.497 e. The number of rotatable bonds is 1. The van der Waals surface area contributed by atoms with Gasteiger partial charge in [0.1, 0.15) is 5.75 Å². The maximum atomic E-state index is 13.7. The van der Waals surface area contributed by atoms with E-state index in [1.165, 1.54) is 0 Å². The lowest BCUT2D eigenvalue weighted by molar-refractivity contribution is 0.415. The molecule has 1 heterocycles. The van der Waals surface area contributed by atoms with Gasteiger partial charge in [0.15, 0.2) is 5.82 Å². The van der Waals surface area contributed by atoms with Gasteiger partial charge in [-0.25, -0.2) is 4.39 Å². The molecule has 0 atom stereocenters. The van der Waals surface area contributed by atoms with E-state index < -0.39 is 0 Å². The lowest BCUT2D eigenvalue weighted by Crippen LogP contribution is -1.90. The first-order valence-electron chi connectivity index (χ1n) is 4.43. The van der Waals surface area contributed by atoms with Gasteiger partial charge < -0.3 is 9.30 Å². The molecule has 1 aromatic carbocycles. The number of benzene rings is 1. The summed E-state index contributed by atoms with van der Waals surface area (Å²) < 4.78 is 20.5. The quantitative estimate of drug-likeness (QED) is 0.679. The molecular weight excluding hydrogens is 181 g/mol. The first kappa shape index (κ1) is 9.06. The van der Waals surface area contributed by atoms with Gasteiger partial charge in [-0.3, -0.25) is 0 Å². The molecule has 3 heteroatoms. The van der Waals surface area contributed by atoms with Crippen LogP contribution in [0.15, 0.2) is 18.2 Å². The second-order valence-electron chi connectivity index (χ2n) is 3.34. The molecule has 2 nitrogen and oxygen atoms in total. The number of nitrogens with zero attached hydrogens (tertiary/aromatic N) is 1. The molecule has 1 aromatic heterocycles. The first-order chi connectivity index (χ1) is 6.65. The van der Waals surface area contributed by atoms with Crippen molar-refractivity contribution >= 4 is 10.9 Å². The molecule has 0 aliphatic carbocycles. The third-order valence-corrected chi connectivity index (χ3v) is 2.62. The molecule has 0 saturated carbocycles. The summed E-state index contributed by atoms with van der Waals surface area (Å²) in [6.07, 6.45) is 0. The van der Waals surface area contributed by atoms with Crippen LogP contribution >= 0.6 is 0 Å². The Bertz CT molecular complexity index is 487. The summed E-state index contributed by atoms with van der Waals surface area (Å²) >= 11 is 0. The third-order valence-electron chi connectivity index (χ3n) is 2.62. The number of hydrogen-bond donors (Lipinski definition) is 0. The number of aromatic nitrogens is 1. The zero-order valence-electron chi connectivity index (χ0n) is 8.47. The molecule has 74 valence electrons. The fourth-order valence-electron chi connectivity index (χ4n) is 1.63. The minimum absolute atomic E-state index is 0.165. The summed E-state index contributed by atoms with van der Waals surface area (Å²) in [6, 6.07) is 5.42. The summed E-state index contributed by atoms with van der Waals surface area (Å²) in [4.78, 5) is 0. The molecule has 0 radical (unpaired) electrons. The predicted octanol–water partition coefficient (Wildman–Crippen LogP) is 2.63. The van der Waals surface area contributed by atoms with Gasteiger partial charge in [0, 0.05) is 12.4 Å².